The van der Waals surface area contributed by atoms with Gasteiger partial charge in [0.05, 0.1) is 17.4 Å². The molecule has 0 aliphatic carbocycles. The van der Waals surface area contributed by atoms with Crippen LogP contribution in [0.3, 0.4) is 0 Å². The Morgan fingerprint density at radius 2 is 1.97 bits per heavy atom. The van der Waals surface area contributed by atoms with Crippen molar-refractivity contribution in [2.45, 2.75) is 13.0 Å². The Labute approximate surface area is 195 Å². The van der Waals surface area contributed by atoms with E-state index in [1.54, 1.807) is 23.0 Å². The van der Waals surface area contributed by atoms with E-state index in [0.717, 1.165) is 47.5 Å². The summed E-state index contributed by atoms with van der Waals surface area (Å²) in [7, 11) is 0. The molecule has 5 heterocycles. The lowest BCUT2D eigenvalue weighted by molar-refractivity contribution is -0.132. The van der Waals surface area contributed by atoms with Crippen LogP contribution >= 0.6 is 0 Å². The Morgan fingerprint density at radius 3 is 2.85 bits per heavy atom. The second kappa shape index (κ2) is 8.45. The molecule has 172 valence electrons. The third-order valence-corrected chi connectivity index (χ3v) is 6.35. The Kier molecular flexibility index (Phi) is 5.14. The maximum absolute atomic E-state index is 13.7. The van der Waals surface area contributed by atoms with E-state index in [1.165, 1.54) is 12.4 Å². The first-order valence-electron chi connectivity index (χ1n) is 11.3. The molecule has 34 heavy (non-hydrogen) atoms. The van der Waals surface area contributed by atoms with Gasteiger partial charge in [-0.15, -0.1) is 0 Å². The molecule has 10 heteroatoms. The number of benzene rings is 1. The highest BCUT2D eigenvalue weighted by Gasteiger charge is 2.24. The van der Waals surface area contributed by atoms with Gasteiger partial charge in [-0.2, -0.15) is 5.10 Å². The average Bonchev–Trinajstić information content (AvgIpc) is 3.50. The van der Waals surface area contributed by atoms with Crippen LogP contribution in [0.5, 0.6) is 0 Å². The van der Waals surface area contributed by atoms with Crippen molar-refractivity contribution in [2.75, 3.05) is 37.6 Å². The topological polar surface area (TPSA) is 92.1 Å². The lowest BCUT2D eigenvalue weighted by atomic mass is 10.1. The Morgan fingerprint density at radius 1 is 1.09 bits per heavy atom. The molecule has 4 aromatic rings. The smallest absolute Gasteiger partial charge is 0.244 e. The fraction of sp³-hybridized carbons (Fsp3) is 0.292. The van der Waals surface area contributed by atoms with Crippen molar-refractivity contribution in [2.24, 2.45) is 0 Å². The molecule has 3 aromatic heterocycles. The van der Waals surface area contributed by atoms with E-state index < -0.39 is 0 Å². The first-order chi connectivity index (χ1) is 16.7. The summed E-state index contributed by atoms with van der Waals surface area (Å²) >= 11 is 0. The number of carbonyl (C=O) groups is 1. The van der Waals surface area contributed by atoms with Gasteiger partial charge in [-0.05, 0) is 42.3 Å². The minimum absolute atomic E-state index is 0.0578. The van der Waals surface area contributed by atoms with Crippen LogP contribution < -0.4 is 10.2 Å². The highest BCUT2D eigenvalue weighted by Crippen LogP contribution is 2.36. The first-order valence-corrected chi connectivity index (χ1v) is 11.3. The molecule has 0 bridgehead atoms. The zero-order valence-corrected chi connectivity index (χ0v) is 18.5. The zero-order chi connectivity index (χ0) is 23.1. The number of rotatable bonds is 4. The average molecular weight is 459 g/mol. The quantitative estimate of drug-likeness (QED) is 0.501. The SMILES string of the molecule is O=C(Cn1cc(-c2ccc3ncnc(N4CCc5cc(F)ccc54)c3n2)cn1)N1CCNCC1. The van der Waals surface area contributed by atoms with Crippen molar-refractivity contribution >= 4 is 28.4 Å². The first kappa shape index (κ1) is 20.7. The second-order valence-corrected chi connectivity index (χ2v) is 8.49. The summed E-state index contributed by atoms with van der Waals surface area (Å²) in [6.07, 6.45) is 5.83. The van der Waals surface area contributed by atoms with Crippen LogP contribution in [-0.2, 0) is 17.8 Å². The minimum Gasteiger partial charge on any atom is -0.339 e. The number of carbonyl (C=O) groups excluding carboxylic acids is 1. The molecule has 0 radical (unpaired) electrons. The summed E-state index contributed by atoms with van der Waals surface area (Å²) in [6, 6.07) is 8.64. The van der Waals surface area contributed by atoms with Crippen molar-refractivity contribution < 1.29 is 9.18 Å². The van der Waals surface area contributed by atoms with Gasteiger partial charge in [0.2, 0.25) is 5.91 Å². The van der Waals surface area contributed by atoms with E-state index >= 15 is 0 Å². The van der Waals surface area contributed by atoms with Gasteiger partial charge in [-0.1, -0.05) is 0 Å². The molecule has 1 N–H and O–H groups in total. The number of halogens is 1. The Balaban J connectivity index is 1.30. The monoisotopic (exact) mass is 458 g/mol. The molecule has 1 aromatic carbocycles. The summed E-state index contributed by atoms with van der Waals surface area (Å²) in [5.41, 5.74) is 4.83. The van der Waals surface area contributed by atoms with Gasteiger partial charge in [0, 0.05) is 50.2 Å². The fourth-order valence-electron chi connectivity index (χ4n) is 4.61. The Bertz CT molecular complexity index is 1380. The van der Waals surface area contributed by atoms with E-state index in [-0.39, 0.29) is 18.3 Å². The normalized spacial score (nSPS) is 15.7. The molecule has 2 aliphatic heterocycles. The number of anilines is 2. The van der Waals surface area contributed by atoms with Gasteiger partial charge < -0.3 is 15.1 Å². The third kappa shape index (κ3) is 3.75. The van der Waals surface area contributed by atoms with Crippen LogP contribution in [0.25, 0.3) is 22.3 Å². The molecule has 0 spiro atoms. The van der Waals surface area contributed by atoms with Crippen molar-refractivity contribution in [1.29, 1.82) is 0 Å². The van der Waals surface area contributed by atoms with Gasteiger partial charge in [-0.25, -0.2) is 19.3 Å². The van der Waals surface area contributed by atoms with Crippen LogP contribution in [0, 0.1) is 5.82 Å². The molecule has 1 fully saturated rings. The highest BCUT2D eigenvalue weighted by atomic mass is 19.1. The number of nitrogens with one attached hydrogen (secondary N) is 1. The lowest BCUT2D eigenvalue weighted by Gasteiger charge is -2.27. The predicted molar refractivity (Wildman–Crippen MR) is 125 cm³/mol. The minimum atomic E-state index is -0.235. The van der Waals surface area contributed by atoms with Crippen LogP contribution in [-0.4, -0.2) is 68.3 Å². The van der Waals surface area contributed by atoms with Crippen molar-refractivity contribution in [3.63, 3.8) is 0 Å². The van der Waals surface area contributed by atoms with Gasteiger partial charge >= 0.3 is 0 Å². The van der Waals surface area contributed by atoms with Crippen LogP contribution in [0.15, 0.2) is 49.1 Å². The summed E-state index contributed by atoms with van der Waals surface area (Å²) in [5, 5.41) is 7.63. The third-order valence-electron chi connectivity index (χ3n) is 6.35. The summed E-state index contributed by atoms with van der Waals surface area (Å²) in [5.74, 6) is 0.516. The number of pyridine rings is 1. The largest absolute Gasteiger partial charge is 0.339 e. The number of amides is 1. The zero-order valence-electron chi connectivity index (χ0n) is 18.5. The van der Waals surface area contributed by atoms with E-state index in [9.17, 15) is 9.18 Å². The van der Waals surface area contributed by atoms with Crippen molar-refractivity contribution in [3.05, 3.63) is 60.4 Å². The fourth-order valence-corrected chi connectivity index (χ4v) is 4.61. The molecular formula is C24H23FN8O. The van der Waals surface area contributed by atoms with Crippen LogP contribution in [0.1, 0.15) is 5.56 Å². The van der Waals surface area contributed by atoms with E-state index in [0.29, 0.717) is 31.0 Å². The van der Waals surface area contributed by atoms with Gasteiger partial charge in [0.15, 0.2) is 5.82 Å². The summed E-state index contributed by atoms with van der Waals surface area (Å²) in [4.78, 5) is 30.3. The summed E-state index contributed by atoms with van der Waals surface area (Å²) < 4.78 is 15.3. The maximum Gasteiger partial charge on any atom is 0.244 e. The van der Waals surface area contributed by atoms with Crippen LogP contribution in [0.2, 0.25) is 0 Å². The second-order valence-electron chi connectivity index (χ2n) is 8.49. The van der Waals surface area contributed by atoms with E-state index in [4.69, 9.17) is 4.98 Å². The van der Waals surface area contributed by atoms with E-state index in [2.05, 4.69) is 25.3 Å². The molecule has 0 saturated carbocycles. The number of nitrogens with zero attached hydrogens (tertiary/aromatic N) is 7. The number of aromatic nitrogens is 5. The molecule has 9 nitrogen and oxygen atoms in total. The van der Waals surface area contributed by atoms with Crippen molar-refractivity contribution in [1.82, 2.24) is 34.9 Å². The lowest BCUT2D eigenvalue weighted by Crippen LogP contribution is -2.47. The van der Waals surface area contributed by atoms with Gasteiger partial charge in [-0.3, -0.25) is 9.48 Å². The highest BCUT2D eigenvalue weighted by molar-refractivity contribution is 5.90. The molecular weight excluding hydrogens is 435 g/mol. The van der Waals surface area contributed by atoms with Crippen molar-refractivity contribution in [3.8, 4) is 11.3 Å². The number of piperazine rings is 1. The molecule has 0 atom stereocenters. The molecule has 1 saturated heterocycles. The predicted octanol–water partition coefficient (Wildman–Crippen LogP) is 2.15. The maximum atomic E-state index is 13.7. The van der Waals surface area contributed by atoms with Gasteiger partial charge in [0.1, 0.15) is 24.2 Å². The molecule has 1 amide bonds. The molecule has 6 rings (SSSR count). The Hall–Kier alpha value is -3.92. The number of hydrogen-bond acceptors (Lipinski definition) is 7. The van der Waals surface area contributed by atoms with Crippen LogP contribution in [0.4, 0.5) is 15.9 Å². The molecule has 0 unspecified atom stereocenters. The number of fused-ring (bicyclic) bond motifs is 2. The number of hydrogen-bond donors (Lipinski definition) is 1. The molecule has 2 aliphatic rings. The van der Waals surface area contributed by atoms with Gasteiger partial charge in [0.25, 0.3) is 0 Å². The van der Waals surface area contributed by atoms with E-state index in [1.807, 2.05) is 23.2 Å². The summed E-state index contributed by atoms with van der Waals surface area (Å²) in [6.45, 7) is 3.96. The standard InChI is InChI=1S/C24H23FN8O/c25-18-1-4-21-16(11-18)5-8-33(21)24-23-20(27-15-28-24)3-2-19(30-23)17-12-29-32(13-17)14-22(34)31-9-6-26-7-10-31/h1-4,11-13,15,26H,5-10,14H2.